The molecule has 3 heteroatoms. The molecule has 2 rings (SSSR count). The zero-order valence-corrected chi connectivity index (χ0v) is 8.42. The molecule has 0 saturated carbocycles. The molecule has 0 saturated heterocycles. The first-order valence-corrected chi connectivity index (χ1v) is 5.34. The lowest BCUT2D eigenvalue weighted by Crippen LogP contribution is -2.30. The lowest BCUT2D eigenvalue weighted by Gasteiger charge is -2.23. The van der Waals surface area contributed by atoms with E-state index in [1.165, 1.54) is 6.08 Å². The highest BCUT2D eigenvalue weighted by atomic mass is 32.2. The van der Waals surface area contributed by atoms with Crippen LogP contribution in [-0.2, 0) is 4.79 Å². The second-order valence-electron chi connectivity index (χ2n) is 2.97. The van der Waals surface area contributed by atoms with Crippen LogP contribution in [0.5, 0.6) is 5.75 Å². The van der Waals surface area contributed by atoms with Gasteiger partial charge in [-0.25, -0.2) is 0 Å². The lowest BCUT2D eigenvalue weighted by atomic mass is 10.2. The Labute approximate surface area is 87.0 Å². The van der Waals surface area contributed by atoms with Gasteiger partial charge in [0, 0.05) is 10.6 Å². The number of ketones is 1. The van der Waals surface area contributed by atoms with Gasteiger partial charge in [0.25, 0.3) is 0 Å². The van der Waals surface area contributed by atoms with E-state index in [2.05, 4.69) is 6.58 Å². The van der Waals surface area contributed by atoms with Gasteiger partial charge in [0.05, 0.1) is 0 Å². The van der Waals surface area contributed by atoms with Crippen molar-refractivity contribution in [2.45, 2.75) is 11.0 Å². The molecule has 0 N–H and O–H groups in total. The number of carbonyl (C=O) groups is 1. The molecule has 0 fully saturated rings. The molecule has 1 atom stereocenters. The summed E-state index contributed by atoms with van der Waals surface area (Å²) in [5.74, 6) is 1.41. The maximum atomic E-state index is 11.3. The van der Waals surface area contributed by atoms with Gasteiger partial charge >= 0.3 is 0 Å². The van der Waals surface area contributed by atoms with Crippen molar-refractivity contribution in [3.05, 3.63) is 36.9 Å². The van der Waals surface area contributed by atoms with Gasteiger partial charge in [-0.3, -0.25) is 4.79 Å². The fourth-order valence-corrected chi connectivity index (χ4v) is 2.29. The Hall–Kier alpha value is -1.22. The number of hydrogen-bond acceptors (Lipinski definition) is 3. The van der Waals surface area contributed by atoms with Crippen molar-refractivity contribution in [2.24, 2.45) is 0 Å². The minimum atomic E-state index is -0.368. The Morgan fingerprint density at radius 2 is 2.36 bits per heavy atom. The van der Waals surface area contributed by atoms with E-state index < -0.39 is 0 Å². The molecule has 1 aromatic carbocycles. The van der Waals surface area contributed by atoms with Crippen molar-refractivity contribution in [3.8, 4) is 5.75 Å². The lowest BCUT2D eigenvalue weighted by molar-refractivity contribution is -0.120. The number of rotatable bonds is 2. The van der Waals surface area contributed by atoms with Crippen LogP contribution in [0.4, 0.5) is 0 Å². The highest BCUT2D eigenvalue weighted by Crippen LogP contribution is 2.34. The van der Waals surface area contributed by atoms with Crippen LogP contribution in [0.2, 0.25) is 0 Å². The summed E-state index contributed by atoms with van der Waals surface area (Å²) in [5, 5.41) is 0. The molecule has 0 aromatic heterocycles. The standard InChI is InChI=1S/C11H10O2S/c1-2-8(12)10-7-14-11-6-4-3-5-9(11)13-10/h2-6,10H,1,7H2. The molecule has 1 unspecified atom stereocenters. The summed E-state index contributed by atoms with van der Waals surface area (Å²) in [7, 11) is 0. The maximum Gasteiger partial charge on any atom is 0.196 e. The number of hydrogen-bond donors (Lipinski definition) is 0. The molecule has 14 heavy (non-hydrogen) atoms. The first-order valence-electron chi connectivity index (χ1n) is 4.36. The highest BCUT2D eigenvalue weighted by Gasteiger charge is 2.24. The maximum absolute atomic E-state index is 11.3. The summed E-state index contributed by atoms with van der Waals surface area (Å²) < 4.78 is 5.54. The van der Waals surface area contributed by atoms with Crippen molar-refractivity contribution < 1.29 is 9.53 Å². The molecular weight excluding hydrogens is 196 g/mol. The summed E-state index contributed by atoms with van der Waals surface area (Å²) in [4.78, 5) is 12.4. The van der Waals surface area contributed by atoms with Crippen molar-refractivity contribution in [1.29, 1.82) is 0 Å². The van der Waals surface area contributed by atoms with E-state index in [9.17, 15) is 4.79 Å². The third-order valence-electron chi connectivity index (χ3n) is 2.03. The SMILES string of the molecule is C=CC(=O)C1CSc2ccccc2O1. The Bertz CT molecular complexity index is 373. The van der Waals surface area contributed by atoms with E-state index in [-0.39, 0.29) is 11.9 Å². The van der Waals surface area contributed by atoms with Crippen molar-refractivity contribution in [3.63, 3.8) is 0 Å². The Morgan fingerprint density at radius 3 is 3.14 bits per heavy atom. The van der Waals surface area contributed by atoms with Gasteiger partial charge in [-0.05, 0) is 18.2 Å². The average molecular weight is 206 g/mol. The predicted octanol–water partition coefficient (Wildman–Crippen LogP) is 2.29. The summed E-state index contributed by atoms with van der Waals surface area (Å²) >= 11 is 1.65. The first-order chi connectivity index (χ1) is 6.81. The molecule has 1 heterocycles. The van der Waals surface area contributed by atoms with Crippen LogP contribution in [0.3, 0.4) is 0 Å². The largest absolute Gasteiger partial charge is 0.480 e. The third-order valence-corrected chi connectivity index (χ3v) is 3.14. The highest BCUT2D eigenvalue weighted by molar-refractivity contribution is 7.99. The Morgan fingerprint density at radius 1 is 1.57 bits per heavy atom. The normalized spacial score (nSPS) is 19.3. The molecule has 2 nitrogen and oxygen atoms in total. The van der Waals surface area contributed by atoms with Crippen LogP contribution in [0.15, 0.2) is 41.8 Å². The van der Waals surface area contributed by atoms with Crippen molar-refractivity contribution in [1.82, 2.24) is 0 Å². The smallest absolute Gasteiger partial charge is 0.196 e. The fourth-order valence-electron chi connectivity index (χ4n) is 1.29. The molecule has 0 radical (unpaired) electrons. The summed E-state index contributed by atoms with van der Waals surface area (Å²) in [6.45, 7) is 3.45. The Kier molecular flexibility index (Phi) is 2.59. The van der Waals surface area contributed by atoms with E-state index in [0.717, 1.165) is 10.6 Å². The van der Waals surface area contributed by atoms with Crippen LogP contribution in [0.1, 0.15) is 0 Å². The number of fused-ring (bicyclic) bond motifs is 1. The van der Waals surface area contributed by atoms with E-state index in [0.29, 0.717) is 5.75 Å². The number of thioether (sulfide) groups is 1. The average Bonchev–Trinajstić information content (AvgIpc) is 2.27. The van der Waals surface area contributed by atoms with E-state index in [1.54, 1.807) is 11.8 Å². The van der Waals surface area contributed by atoms with Gasteiger partial charge in [0.15, 0.2) is 11.9 Å². The molecule has 1 aliphatic rings. The molecule has 72 valence electrons. The molecule has 1 aliphatic heterocycles. The van der Waals surface area contributed by atoms with E-state index >= 15 is 0 Å². The zero-order valence-electron chi connectivity index (χ0n) is 7.60. The van der Waals surface area contributed by atoms with Gasteiger partial charge in [-0.2, -0.15) is 0 Å². The van der Waals surface area contributed by atoms with Crippen LogP contribution >= 0.6 is 11.8 Å². The fraction of sp³-hybridized carbons (Fsp3) is 0.182. The van der Waals surface area contributed by atoms with Crippen LogP contribution in [0, 0.1) is 0 Å². The van der Waals surface area contributed by atoms with E-state index in [4.69, 9.17) is 4.74 Å². The second-order valence-corrected chi connectivity index (χ2v) is 4.03. The first kappa shape index (κ1) is 9.34. The number of benzene rings is 1. The van der Waals surface area contributed by atoms with Crippen LogP contribution in [-0.4, -0.2) is 17.6 Å². The summed E-state index contributed by atoms with van der Waals surface area (Å²) in [6, 6.07) is 7.74. The minimum absolute atomic E-state index is 0.0491. The molecule has 1 aromatic rings. The van der Waals surface area contributed by atoms with Gasteiger partial charge in [0.2, 0.25) is 0 Å². The molecular formula is C11H10O2S. The van der Waals surface area contributed by atoms with Gasteiger partial charge in [0.1, 0.15) is 5.75 Å². The zero-order chi connectivity index (χ0) is 9.97. The van der Waals surface area contributed by atoms with Crippen molar-refractivity contribution >= 4 is 17.5 Å². The minimum Gasteiger partial charge on any atom is -0.480 e. The predicted molar refractivity (Wildman–Crippen MR) is 56.8 cm³/mol. The summed E-state index contributed by atoms with van der Waals surface area (Å²) in [6.07, 6.45) is 0.950. The molecule has 0 spiro atoms. The van der Waals surface area contributed by atoms with Gasteiger partial charge < -0.3 is 4.74 Å². The monoisotopic (exact) mass is 206 g/mol. The number of ether oxygens (including phenoxy) is 1. The number of para-hydroxylation sites is 1. The molecule has 0 aliphatic carbocycles. The van der Waals surface area contributed by atoms with Crippen LogP contribution < -0.4 is 4.74 Å². The molecule has 0 amide bonds. The number of carbonyl (C=O) groups excluding carboxylic acids is 1. The third kappa shape index (κ3) is 1.68. The van der Waals surface area contributed by atoms with Crippen LogP contribution in [0.25, 0.3) is 0 Å². The van der Waals surface area contributed by atoms with Gasteiger partial charge in [-0.1, -0.05) is 18.7 Å². The molecule has 0 bridgehead atoms. The quantitative estimate of drug-likeness (QED) is 0.694. The summed E-state index contributed by atoms with van der Waals surface area (Å²) in [5.41, 5.74) is 0. The van der Waals surface area contributed by atoms with Crippen molar-refractivity contribution in [2.75, 3.05) is 5.75 Å². The second kappa shape index (κ2) is 3.88. The van der Waals surface area contributed by atoms with Gasteiger partial charge in [-0.15, -0.1) is 11.8 Å². The Balaban J connectivity index is 2.21. The van der Waals surface area contributed by atoms with E-state index in [1.807, 2.05) is 24.3 Å². The topological polar surface area (TPSA) is 26.3 Å².